The Kier molecular flexibility index (Phi) is 6.02. The van der Waals surface area contributed by atoms with Gasteiger partial charge in [0.15, 0.2) is 0 Å². The lowest BCUT2D eigenvalue weighted by Gasteiger charge is -2.14. The topological polar surface area (TPSA) is 84.0 Å². The molecule has 0 radical (unpaired) electrons. The lowest BCUT2D eigenvalue weighted by Crippen LogP contribution is -2.14. The molecule has 4 rings (SSSR count). The van der Waals surface area contributed by atoms with E-state index in [9.17, 15) is 22.8 Å². The van der Waals surface area contributed by atoms with Crippen molar-refractivity contribution in [3.05, 3.63) is 83.8 Å². The van der Waals surface area contributed by atoms with Gasteiger partial charge >= 0.3 is 6.18 Å². The second-order valence-electron chi connectivity index (χ2n) is 7.68. The third kappa shape index (κ3) is 4.73. The first-order valence-electron chi connectivity index (χ1n) is 10.2. The highest BCUT2D eigenvalue weighted by molar-refractivity contribution is 6.08. The van der Waals surface area contributed by atoms with Gasteiger partial charge in [-0.1, -0.05) is 18.2 Å². The van der Waals surface area contributed by atoms with Gasteiger partial charge in [-0.05, 0) is 53.8 Å². The number of hydrogen-bond donors (Lipinski definition) is 2. The molecule has 2 aromatic carbocycles. The molecule has 172 valence electrons. The summed E-state index contributed by atoms with van der Waals surface area (Å²) in [6.07, 6.45) is -0.238. The maximum absolute atomic E-state index is 13.0. The number of amides is 2. The monoisotopic (exact) mass is 464 g/mol. The van der Waals surface area contributed by atoms with Crippen LogP contribution in [0.4, 0.5) is 24.7 Å². The van der Waals surface area contributed by atoms with Crippen LogP contribution in [0.3, 0.4) is 0 Å². The summed E-state index contributed by atoms with van der Waals surface area (Å²) in [7, 11) is 0. The van der Waals surface area contributed by atoms with E-state index in [0.29, 0.717) is 5.69 Å². The van der Waals surface area contributed by atoms with Gasteiger partial charge in [-0.3, -0.25) is 14.6 Å². The molecule has 9 heteroatoms. The van der Waals surface area contributed by atoms with E-state index in [2.05, 4.69) is 20.6 Å². The summed E-state index contributed by atoms with van der Waals surface area (Å²) in [5, 5.41) is 6.76. The Balaban J connectivity index is 1.72. The first kappa shape index (κ1) is 22.9. The van der Waals surface area contributed by atoms with Gasteiger partial charge in [0.05, 0.1) is 11.3 Å². The first-order valence-corrected chi connectivity index (χ1v) is 10.2. The summed E-state index contributed by atoms with van der Waals surface area (Å²) >= 11 is 0. The molecule has 0 spiro atoms. The van der Waals surface area contributed by atoms with E-state index in [4.69, 9.17) is 0 Å². The van der Waals surface area contributed by atoms with Gasteiger partial charge in [-0.25, -0.2) is 4.98 Å². The van der Waals surface area contributed by atoms with E-state index in [1.807, 2.05) is 19.1 Å². The lowest BCUT2D eigenvalue weighted by atomic mass is 9.95. The van der Waals surface area contributed by atoms with E-state index in [1.165, 1.54) is 6.92 Å². The number of carbonyl (C=O) groups is 2. The molecular formula is C25H19F3N4O2. The Morgan fingerprint density at radius 2 is 1.71 bits per heavy atom. The van der Waals surface area contributed by atoms with Crippen molar-refractivity contribution in [2.24, 2.45) is 0 Å². The molecule has 2 amide bonds. The maximum atomic E-state index is 13.0. The third-order valence-electron chi connectivity index (χ3n) is 5.23. The van der Waals surface area contributed by atoms with Crippen molar-refractivity contribution in [3.8, 4) is 11.1 Å². The number of rotatable bonds is 4. The zero-order valence-electron chi connectivity index (χ0n) is 18.2. The van der Waals surface area contributed by atoms with E-state index >= 15 is 0 Å². The average molecular weight is 464 g/mol. The van der Waals surface area contributed by atoms with Crippen molar-refractivity contribution < 1.29 is 22.8 Å². The molecule has 0 atom stereocenters. The van der Waals surface area contributed by atoms with Crippen molar-refractivity contribution >= 4 is 34.1 Å². The Bertz CT molecular complexity index is 1420. The van der Waals surface area contributed by atoms with E-state index < -0.39 is 17.6 Å². The number of aryl methyl sites for hydroxylation is 1. The van der Waals surface area contributed by atoms with Crippen molar-refractivity contribution in [3.63, 3.8) is 0 Å². The fraction of sp³-hybridized carbons (Fsp3) is 0.120. The minimum atomic E-state index is -4.54. The highest BCUT2D eigenvalue weighted by atomic mass is 19.4. The van der Waals surface area contributed by atoms with Crippen molar-refractivity contribution in [2.45, 2.75) is 20.0 Å². The van der Waals surface area contributed by atoms with Crippen LogP contribution in [0.25, 0.3) is 21.9 Å². The maximum Gasteiger partial charge on any atom is 0.416 e. The molecule has 2 N–H and O–H groups in total. The summed E-state index contributed by atoms with van der Waals surface area (Å²) in [5.74, 6) is -1.01. The number of alkyl halides is 3. The highest BCUT2D eigenvalue weighted by Gasteiger charge is 2.30. The van der Waals surface area contributed by atoms with Crippen molar-refractivity contribution in [2.75, 3.05) is 10.6 Å². The molecule has 2 aromatic heterocycles. The number of hydrogen-bond acceptors (Lipinski definition) is 4. The summed E-state index contributed by atoms with van der Waals surface area (Å²) < 4.78 is 38.9. The molecule has 0 aliphatic rings. The van der Waals surface area contributed by atoms with Gasteiger partial charge in [0, 0.05) is 42.0 Å². The molecule has 0 bridgehead atoms. The van der Waals surface area contributed by atoms with Crippen molar-refractivity contribution in [1.29, 1.82) is 0 Å². The number of aromatic nitrogens is 2. The fourth-order valence-corrected chi connectivity index (χ4v) is 3.63. The summed E-state index contributed by atoms with van der Waals surface area (Å²) in [6.45, 7) is 3.30. The molecule has 0 saturated carbocycles. The Morgan fingerprint density at radius 3 is 2.44 bits per heavy atom. The number of benzene rings is 2. The number of nitrogens with zero attached hydrogens (tertiary/aromatic N) is 2. The predicted octanol–water partition coefficient (Wildman–Crippen LogP) is 5.83. The van der Waals surface area contributed by atoms with Crippen LogP contribution in [-0.2, 0) is 11.0 Å². The molecular weight excluding hydrogens is 445 g/mol. The SMILES string of the molecule is CC(=O)Nc1cccc2c(-c3cc(C(=O)Nc4cc(C(F)(F)F)ccn4)ccc3C)cncc12. The molecule has 0 saturated heterocycles. The van der Waals surface area contributed by atoms with Gasteiger partial charge in [0.25, 0.3) is 5.91 Å². The fourth-order valence-electron chi connectivity index (χ4n) is 3.63. The average Bonchev–Trinajstić information content (AvgIpc) is 2.78. The first-order chi connectivity index (χ1) is 16.1. The number of fused-ring (bicyclic) bond motifs is 1. The van der Waals surface area contributed by atoms with Gasteiger partial charge in [-0.15, -0.1) is 0 Å². The van der Waals surface area contributed by atoms with Crippen LogP contribution in [0.1, 0.15) is 28.4 Å². The summed E-state index contributed by atoms with van der Waals surface area (Å²) in [4.78, 5) is 32.5. The number of carbonyl (C=O) groups excluding carboxylic acids is 2. The minimum Gasteiger partial charge on any atom is -0.326 e. The quantitative estimate of drug-likeness (QED) is 0.398. The standard InChI is InChI=1S/C25H19F3N4O2/c1-14-6-7-16(24(34)32-23-11-17(8-9-30-23)25(26,27)28)10-19(14)20-12-29-13-21-18(20)4-3-5-22(21)31-15(2)33/h3-13H,1-2H3,(H,31,33)(H,30,32,34). The smallest absolute Gasteiger partial charge is 0.326 e. The molecule has 0 aliphatic carbocycles. The molecule has 4 aromatic rings. The van der Waals surface area contributed by atoms with Gasteiger partial charge < -0.3 is 10.6 Å². The van der Waals surface area contributed by atoms with Crippen LogP contribution in [0.15, 0.2) is 67.1 Å². The predicted molar refractivity (Wildman–Crippen MR) is 123 cm³/mol. The highest BCUT2D eigenvalue weighted by Crippen LogP contribution is 2.34. The van der Waals surface area contributed by atoms with Gasteiger partial charge in [-0.2, -0.15) is 13.2 Å². The normalized spacial score (nSPS) is 11.3. The zero-order chi connectivity index (χ0) is 24.5. The van der Waals surface area contributed by atoms with E-state index in [-0.39, 0.29) is 17.3 Å². The van der Waals surface area contributed by atoms with E-state index in [0.717, 1.165) is 45.8 Å². The molecule has 0 aliphatic heterocycles. The van der Waals surface area contributed by atoms with Crippen LogP contribution in [0.5, 0.6) is 0 Å². The van der Waals surface area contributed by atoms with Gasteiger partial charge in [0.1, 0.15) is 5.82 Å². The summed E-state index contributed by atoms with van der Waals surface area (Å²) in [5.41, 5.74) is 2.29. The number of halogens is 3. The lowest BCUT2D eigenvalue weighted by molar-refractivity contribution is -0.137. The number of anilines is 2. The van der Waals surface area contributed by atoms with Crippen LogP contribution in [0, 0.1) is 6.92 Å². The number of pyridine rings is 2. The second kappa shape index (κ2) is 8.93. The molecule has 34 heavy (non-hydrogen) atoms. The summed E-state index contributed by atoms with van der Waals surface area (Å²) in [6, 6.07) is 12.1. The van der Waals surface area contributed by atoms with Crippen LogP contribution in [0.2, 0.25) is 0 Å². The molecule has 2 heterocycles. The zero-order valence-corrected chi connectivity index (χ0v) is 18.2. The third-order valence-corrected chi connectivity index (χ3v) is 5.23. The van der Waals surface area contributed by atoms with Gasteiger partial charge in [0.2, 0.25) is 5.91 Å². The van der Waals surface area contributed by atoms with Crippen LogP contribution in [-0.4, -0.2) is 21.8 Å². The number of nitrogens with one attached hydrogen (secondary N) is 2. The van der Waals surface area contributed by atoms with E-state index in [1.54, 1.807) is 36.7 Å². The minimum absolute atomic E-state index is 0.200. The molecule has 0 unspecified atom stereocenters. The van der Waals surface area contributed by atoms with Crippen LogP contribution < -0.4 is 10.6 Å². The second-order valence-corrected chi connectivity index (χ2v) is 7.68. The van der Waals surface area contributed by atoms with Crippen molar-refractivity contribution in [1.82, 2.24) is 9.97 Å². The largest absolute Gasteiger partial charge is 0.416 e. The Labute approximate surface area is 192 Å². The van der Waals surface area contributed by atoms with Crippen LogP contribution >= 0.6 is 0 Å². The Hall–Kier alpha value is -4.27. The Morgan fingerprint density at radius 1 is 0.912 bits per heavy atom. The molecule has 0 fully saturated rings. The molecule has 6 nitrogen and oxygen atoms in total.